The third-order valence-electron chi connectivity index (χ3n) is 2.40. The minimum absolute atomic E-state index is 0.124. The van der Waals surface area contributed by atoms with E-state index < -0.39 is 0 Å². The van der Waals surface area contributed by atoms with Gasteiger partial charge in [-0.15, -0.1) is 11.3 Å². The number of thiophene rings is 1. The molecule has 0 spiro atoms. The monoisotopic (exact) mass is 301 g/mol. The van der Waals surface area contributed by atoms with Gasteiger partial charge in [-0.2, -0.15) is 0 Å². The highest BCUT2D eigenvalue weighted by molar-refractivity contribution is 7.10. The number of rotatable bonds is 4. The van der Waals surface area contributed by atoms with Crippen molar-refractivity contribution in [3.05, 3.63) is 50.6 Å². The van der Waals surface area contributed by atoms with Gasteiger partial charge in [0.25, 0.3) is 0 Å². The Morgan fingerprint density at radius 3 is 2.39 bits per heavy atom. The molecule has 1 aromatic heterocycles. The zero-order valence-corrected chi connectivity index (χ0v) is 12.1. The van der Waals surface area contributed by atoms with Crippen molar-refractivity contribution in [2.45, 2.75) is 19.1 Å². The van der Waals surface area contributed by atoms with Crippen LogP contribution >= 0.6 is 34.5 Å². The summed E-state index contributed by atoms with van der Waals surface area (Å²) in [5.74, 6) is 0.628. The number of hydrogen-bond donors (Lipinski definition) is 1. The highest BCUT2D eigenvalue weighted by Crippen LogP contribution is 2.31. The molecular weight excluding hydrogens is 289 g/mol. The van der Waals surface area contributed by atoms with E-state index in [0.29, 0.717) is 15.8 Å². The molecule has 0 fully saturated rings. The average molecular weight is 302 g/mol. The van der Waals surface area contributed by atoms with Gasteiger partial charge < -0.3 is 10.5 Å². The number of halogens is 2. The van der Waals surface area contributed by atoms with Crippen LogP contribution in [0.2, 0.25) is 10.0 Å². The minimum Gasteiger partial charge on any atom is -0.483 e. The van der Waals surface area contributed by atoms with Gasteiger partial charge in [-0.1, -0.05) is 29.3 Å². The van der Waals surface area contributed by atoms with E-state index in [1.54, 1.807) is 29.5 Å². The van der Waals surface area contributed by atoms with Crippen molar-refractivity contribution in [1.82, 2.24) is 0 Å². The van der Waals surface area contributed by atoms with Gasteiger partial charge in [-0.05, 0) is 36.6 Å². The van der Waals surface area contributed by atoms with E-state index in [1.807, 2.05) is 24.4 Å². The van der Waals surface area contributed by atoms with Gasteiger partial charge in [-0.3, -0.25) is 0 Å². The molecule has 2 atom stereocenters. The summed E-state index contributed by atoms with van der Waals surface area (Å²) in [4.78, 5) is 1.08. The van der Waals surface area contributed by atoms with Crippen molar-refractivity contribution in [3.63, 3.8) is 0 Å². The molecule has 2 N–H and O–H groups in total. The van der Waals surface area contributed by atoms with Gasteiger partial charge in [-0.25, -0.2) is 0 Å². The first-order chi connectivity index (χ1) is 8.56. The van der Waals surface area contributed by atoms with E-state index >= 15 is 0 Å². The van der Waals surface area contributed by atoms with Crippen molar-refractivity contribution in [2.75, 3.05) is 0 Å². The topological polar surface area (TPSA) is 35.2 Å². The van der Waals surface area contributed by atoms with Crippen LogP contribution in [0.1, 0.15) is 17.9 Å². The number of nitrogens with two attached hydrogens (primary N) is 1. The molecule has 96 valence electrons. The Bertz CT molecular complexity index is 493. The van der Waals surface area contributed by atoms with Gasteiger partial charge in [0, 0.05) is 21.0 Å². The third kappa shape index (κ3) is 3.39. The number of ether oxygens (including phenoxy) is 1. The van der Waals surface area contributed by atoms with E-state index in [9.17, 15) is 0 Å². The summed E-state index contributed by atoms with van der Waals surface area (Å²) in [7, 11) is 0. The predicted octanol–water partition coefficient (Wildman–Crippen LogP) is 4.52. The molecule has 0 radical (unpaired) electrons. The van der Waals surface area contributed by atoms with E-state index in [4.69, 9.17) is 33.7 Å². The van der Waals surface area contributed by atoms with Gasteiger partial charge in [0.2, 0.25) is 0 Å². The lowest BCUT2D eigenvalue weighted by Crippen LogP contribution is -2.28. The van der Waals surface area contributed by atoms with Crippen molar-refractivity contribution >= 4 is 34.5 Å². The van der Waals surface area contributed by atoms with Crippen molar-refractivity contribution < 1.29 is 4.74 Å². The van der Waals surface area contributed by atoms with Gasteiger partial charge in [0.15, 0.2) is 0 Å². The second kappa shape index (κ2) is 5.93. The molecule has 18 heavy (non-hydrogen) atoms. The molecule has 1 heterocycles. The highest BCUT2D eigenvalue weighted by atomic mass is 35.5. The van der Waals surface area contributed by atoms with Gasteiger partial charge in [0.1, 0.15) is 11.9 Å². The Labute approximate surface area is 120 Å². The molecule has 0 bridgehead atoms. The lowest BCUT2D eigenvalue weighted by molar-refractivity contribution is 0.184. The van der Waals surface area contributed by atoms with Crippen LogP contribution in [-0.2, 0) is 0 Å². The van der Waals surface area contributed by atoms with E-state index in [2.05, 4.69) is 0 Å². The maximum absolute atomic E-state index is 5.97. The van der Waals surface area contributed by atoms with E-state index in [-0.39, 0.29) is 12.1 Å². The van der Waals surface area contributed by atoms with Crippen LogP contribution in [0.4, 0.5) is 0 Å². The maximum Gasteiger partial charge on any atom is 0.148 e. The summed E-state index contributed by atoms with van der Waals surface area (Å²) >= 11 is 13.5. The Morgan fingerprint density at radius 2 is 1.89 bits per heavy atom. The van der Waals surface area contributed by atoms with Gasteiger partial charge >= 0.3 is 0 Å². The molecule has 0 aliphatic carbocycles. The standard InChI is InChI=1S/C13H13Cl2NOS/c1-8(16)13(12-3-2-4-18-12)17-11-6-9(14)5-10(15)7-11/h2-8,13H,16H2,1H3. The zero-order chi connectivity index (χ0) is 13.1. The van der Waals surface area contributed by atoms with Crippen LogP contribution in [0.5, 0.6) is 5.75 Å². The molecule has 0 amide bonds. The average Bonchev–Trinajstić information content (AvgIpc) is 2.77. The first kappa shape index (κ1) is 13.7. The Balaban J connectivity index is 2.24. The molecule has 2 rings (SSSR count). The second-order valence-electron chi connectivity index (χ2n) is 4.02. The molecule has 0 saturated heterocycles. The fourth-order valence-corrected chi connectivity index (χ4v) is 3.00. The highest BCUT2D eigenvalue weighted by Gasteiger charge is 2.19. The fraction of sp³-hybridized carbons (Fsp3) is 0.231. The van der Waals surface area contributed by atoms with E-state index in [1.165, 1.54) is 0 Å². The normalized spacial score (nSPS) is 14.2. The smallest absolute Gasteiger partial charge is 0.148 e. The summed E-state index contributed by atoms with van der Waals surface area (Å²) in [6.07, 6.45) is -0.195. The van der Waals surface area contributed by atoms with Crippen LogP contribution in [0.25, 0.3) is 0 Å². The van der Waals surface area contributed by atoms with Crippen LogP contribution in [-0.4, -0.2) is 6.04 Å². The van der Waals surface area contributed by atoms with Crippen LogP contribution in [0.3, 0.4) is 0 Å². The van der Waals surface area contributed by atoms with Crippen molar-refractivity contribution in [1.29, 1.82) is 0 Å². The fourth-order valence-electron chi connectivity index (χ4n) is 1.62. The first-order valence-electron chi connectivity index (χ1n) is 5.48. The van der Waals surface area contributed by atoms with Gasteiger partial charge in [0.05, 0.1) is 0 Å². The second-order valence-corrected chi connectivity index (χ2v) is 5.87. The predicted molar refractivity (Wildman–Crippen MR) is 77.8 cm³/mol. The molecule has 5 heteroatoms. The molecule has 2 nitrogen and oxygen atoms in total. The first-order valence-corrected chi connectivity index (χ1v) is 7.11. The molecule has 2 aromatic rings. The lowest BCUT2D eigenvalue weighted by Gasteiger charge is -2.21. The molecule has 0 saturated carbocycles. The Hall–Kier alpha value is -0.740. The van der Waals surface area contributed by atoms with Crippen molar-refractivity contribution in [2.24, 2.45) is 5.73 Å². The largest absolute Gasteiger partial charge is 0.483 e. The van der Waals surface area contributed by atoms with Crippen molar-refractivity contribution in [3.8, 4) is 5.75 Å². The van der Waals surface area contributed by atoms with Crippen LogP contribution < -0.4 is 10.5 Å². The molecule has 0 aliphatic rings. The molecular formula is C13H13Cl2NOS. The maximum atomic E-state index is 5.97. The van der Waals surface area contributed by atoms with Crippen LogP contribution in [0.15, 0.2) is 35.7 Å². The summed E-state index contributed by atoms with van der Waals surface area (Å²) < 4.78 is 5.90. The minimum atomic E-state index is -0.195. The third-order valence-corrected chi connectivity index (χ3v) is 3.77. The number of hydrogen-bond acceptors (Lipinski definition) is 3. The Morgan fingerprint density at radius 1 is 1.22 bits per heavy atom. The van der Waals surface area contributed by atoms with E-state index in [0.717, 1.165) is 4.88 Å². The SMILES string of the molecule is CC(N)C(Oc1cc(Cl)cc(Cl)c1)c1cccs1. The summed E-state index contributed by atoms with van der Waals surface area (Å²) in [5.41, 5.74) is 5.97. The number of benzene rings is 1. The summed E-state index contributed by atoms with van der Waals surface area (Å²) in [6.45, 7) is 1.91. The Kier molecular flexibility index (Phi) is 4.51. The molecule has 2 unspecified atom stereocenters. The zero-order valence-electron chi connectivity index (χ0n) is 9.77. The van der Waals surface area contributed by atoms with Crippen LogP contribution in [0, 0.1) is 0 Å². The quantitative estimate of drug-likeness (QED) is 0.901. The molecule has 1 aromatic carbocycles. The lowest BCUT2D eigenvalue weighted by atomic mass is 10.1. The summed E-state index contributed by atoms with van der Waals surface area (Å²) in [6, 6.07) is 8.99. The summed E-state index contributed by atoms with van der Waals surface area (Å²) in [5, 5.41) is 3.10. The molecule has 0 aliphatic heterocycles.